The van der Waals surface area contributed by atoms with Gasteiger partial charge >= 0.3 is 0 Å². The van der Waals surface area contributed by atoms with Crippen LogP contribution in [0.15, 0.2) is 24.3 Å². The molecule has 6 heteroatoms. The molecule has 0 aliphatic carbocycles. The van der Waals surface area contributed by atoms with Gasteiger partial charge in [-0.15, -0.1) is 0 Å². The van der Waals surface area contributed by atoms with E-state index in [0.29, 0.717) is 13.2 Å². The van der Waals surface area contributed by atoms with Gasteiger partial charge in [0.25, 0.3) is 6.47 Å². The predicted molar refractivity (Wildman–Crippen MR) is 108 cm³/mol. The maximum Gasteiger partial charge on any atom is 0.290 e. The summed E-state index contributed by atoms with van der Waals surface area (Å²) in [5.74, 6) is 1.23. The van der Waals surface area contributed by atoms with Crippen LogP contribution in [-0.2, 0) is 9.53 Å². The van der Waals surface area contributed by atoms with Gasteiger partial charge in [0.05, 0.1) is 6.61 Å². The average Bonchev–Trinajstić information content (AvgIpc) is 2.75. The molecule has 1 N–H and O–H groups in total. The Kier molecular flexibility index (Phi) is 10.6. The quantitative estimate of drug-likeness (QED) is 0.414. The van der Waals surface area contributed by atoms with Gasteiger partial charge in [-0.1, -0.05) is 6.42 Å². The van der Waals surface area contributed by atoms with Gasteiger partial charge in [-0.25, -0.2) is 0 Å². The molecule has 0 aromatic heterocycles. The molecule has 1 aromatic carbocycles. The number of carbonyl (C=O) groups excluding carboxylic acids is 1. The fourth-order valence-corrected chi connectivity index (χ4v) is 3.72. The number of hydrogen-bond donors (Lipinski definition) is 1. The van der Waals surface area contributed by atoms with Gasteiger partial charge < -0.3 is 19.5 Å². The number of ketones is 1. The summed E-state index contributed by atoms with van der Waals surface area (Å²) in [6.07, 6.45) is 8.07. The molecule has 2 fully saturated rings. The predicted octanol–water partition coefficient (Wildman–Crippen LogP) is 3.64. The van der Waals surface area contributed by atoms with Gasteiger partial charge in [0.1, 0.15) is 5.75 Å². The summed E-state index contributed by atoms with van der Waals surface area (Å²) in [6, 6.07) is 7.66. The molecule has 0 bridgehead atoms. The third-order valence-corrected chi connectivity index (χ3v) is 5.32. The number of benzene rings is 1. The molecule has 156 valence electrons. The number of likely N-dealkylation sites (tertiary alicyclic amines) is 1. The van der Waals surface area contributed by atoms with E-state index < -0.39 is 0 Å². The lowest BCUT2D eigenvalue weighted by atomic mass is 9.91. The third kappa shape index (κ3) is 7.98. The molecule has 0 radical (unpaired) electrons. The maximum atomic E-state index is 12.5. The van der Waals surface area contributed by atoms with Crippen molar-refractivity contribution in [3.05, 3.63) is 29.8 Å². The number of nitrogens with zero attached hydrogens (tertiary/aromatic N) is 1. The Bertz CT molecular complexity index is 563. The van der Waals surface area contributed by atoms with E-state index in [1.165, 1.54) is 45.3 Å². The van der Waals surface area contributed by atoms with Crippen LogP contribution in [0.4, 0.5) is 0 Å². The van der Waals surface area contributed by atoms with Crippen LogP contribution in [0.3, 0.4) is 0 Å². The van der Waals surface area contributed by atoms with Crippen LogP contribution in [0.1, 0.15) is 55.3 Å². The monoisotopic (exact) mass is 391 g/mol. The molecule has 0 atom stereocenters. The van der Waals surface area contributed by atoms with Crippen LogP contribution in [-0.4, -0.2) is 61.7 Å². The standard InChI is InChI=1S/C21H31NO3.CH2O2/c23-21(19-10-16-24-17-11-19)18-6-8-20(9-7-18)25-15-5-4-14-22-12-2-1-3-13-22;2-1-3/h6-9,19H,1-5,10-17H2;1H,(H,2,3). The molecule has 0 spiro atoms. The number of Topliss-reactive ketones (excluding diaryl/α,β-unsaturated/α-hetero) is 1. The highest BCUT2D eigenvalue weighted by Crippen LogP contribution is 2.22. The lowest BCUT2D eigenvalue weighted by Gasteiger charge is -2.26. The summed E-state index contributed by atoms with van der Waals surface area (Å²) in [7, 11) is 0. The molecular weight excluding hydrogens is 358 g/mol. The summed E-state index contributed by atoms with van der Waals surface area (Å²) < 4.78 is 11.2. The van der Waals surface area contributed by atoms with Crippen molar-refractivity contribution in [2.75, 3.05) is 39.5 Å². The fraction of sp³-hybridized carbons (Fsp3) is 0.636. The Labute approximate surface area is 167 Å². The van der Waals surface area contributed by atoms with Crippen molar-refractivity contribution in [3.63, 3.8) is 0 Å². The van der Waals surface area contributed by atoms with Crippen molar-refractivity contribution < 1.29 is 24.2 Å². The summed E-state index contributed by atoms with van der Waals surface area (Å²) in [5, 5.41) is 6.89. The first-order valence-electron chi connectivity index (χ1n) is 10.4. The summed E-state index contributed by atoms with van der Waals surface area (Å²) in [6.45, 7) is 5.64. The minimum absolute atomic E-state index is 0.121. The minimum Gasteiger partial charge on any atom is -0.494 e. The summed E-state index contributed by atoms with van der Waals surface area (Å²) in [4.78, 5) is 23.4. The maximum absolute atomic E-state index is 12.5. The lowest BCUT2D eigenvalue weighted by molar-refractivity contribution is -0.122. The van der Waals surface area contributed by atoms with E-state index in [1.54, 1.807) is 0 Å². The smallest absolute Gasteiger partial charge is 0.290 e. The molecule has 6 nitrogen and oxygen atoms in total. The van der Waals surface area contributed by atoms with Crippen LogP contribution in [0, 0.1) is 5.92 Å². The minimum atomic E-state index is -0.250. The van der Waals surface area contributed by atoms with Crippen molar-refractivity contribution in [1.82, 2.24) is 4.90 Å². The first-order chi connectivity index (χ1) is 13.7. The van der Waals surface area contributed by atoms with Crippen LogP contribution >= 0.6 is 0 Å². The first kappa shape index (κ1) is 22.4. The lowest BCUT2D eigenvalue weighted by Crippen LogP contribution is -2.30. The van der Waals surface area contributed by atoms with E-state index in [9.17, 15) is 4.79 Å². The van der Waals surface area contributed by atoms with E-state index in [2.05, 4.69) is 4.90 Å². The van der Waals surface area contributed by atoms with Gasteiger partial charge in [-0.3, -0.25) is 9.59 Å². The molecule has 3 rings (SSSR count). The Morgan fingerprint density at radius 3 is 2.39 bits per heavy atom. The Morgan fingerprint density at radius 1 is 1.11 bits per heavy atom. The Balaban J connectivity index is 0.000000878. The van der Waals surface area contributed by atoms with Crippen molar-refractivity contribution in [2.45, 2.75) is 44.9 Å². The number of carboxylic acid groups (broad SMARTS) is 1. The molecule has 0 saturated carbocycles. The SMILES string of the molecule is O=C(c1ccc(OCCCCN2CCCCC2)cc1)C1CCOCC1.O=CO. The van der Waals surface area contributed by atoms with Crippen LogP contribution < -0.4 is 4.74 Å². The van der Waals surface area contributed by atoms with Gasteiger partial charge in [0.2, 0.25) is 0 Å². The zero-order chi connectivity index (χ0) is 20.0. The molecule has 0 unspecified atom stereocenters. The number of ether oxygens (including phenoxy) is 2. The Hall–Kier alpha value is -1.92. The summed E-state index contributed by atoms with van der Waals surface area (Å²) in [5.41, 5.74) is 0.796. The zero-order valence-electron chi connectivity index (χ0n) is 16.7. The number of carbonyl (C=O) groups is 2. The number of hydrogen-bond acceptors (Lipinski definition) is 5. The first-order valence-corrected chi connectivity index (χ1v) is 10.4. The molecule has 2 heterocycles. The molecule has 2 aliphatic rings. The second kappa shape index (κ2) is 13.3. The van der Waals surface area contributed by atoms with Crippen LogP contribution in [0.2, 0.25) is 0 Å². The van der Waals surface area contributed by atoms with E-state index in [-0.39, 0.29) is 18.2 Å². The Morgan fingerprint density at radius 2 is 1.75 bits per heavy atom. The average molecular weight is 392 g/mol. The summed E-state index contributed by atoms with van der Waals surface area (Å²) >= 11 is 0. The van der Waals surface area contributed by atoms with Crippen LogP contribution in [0.5, 0.6) is 5.75 Å². The van der Waals surface area contributed by atoms with Gasteiger partial charge in [-0.05, 0) is 82.4 Å². The van der Waals surface area contributed by atoms with Crippen molar-refractivity contribution in [1.29, 1.82) is 0 Å². The highest BCUT2D eigenvalue weighted by molar-refractivity contribution is 5.98. The highest BCUT2D eigenvalue weighted by Gasteiger charge is 2.22. The number of unbranched alkanes of at least 4 members (excludes halogenated alkanes) is 1. The molecule has 28 heavy (non-hydrogen) atoms. The normalized spacial score (nSPS) is 18.0. The second-order valence-electron chi connectivity index (χ2n) is 7.34. The van der Waals surface area contributed by atoms with E-state index >= 15 is 0 Å². The molecule has 2 aliphatic heterocycles. The van der Waals surface area contributed by atoms with E-state index in [1.807, 2.05) is 24.3 Å². The largest absolute Gasteiger partial charge is 0.494 e. The molecule has 2 saturated heterocycles. The zero-order valence-corrected chi connectivity index (χ0v) is 16.7. The molecule has 0 amide bonds. The number of piperidine rings is 1. The van der Waals surface area contributed by atoms with Crippen molar-refractivity contribution in [2.24, 2.45) is 5.92 Å². The number of rotatable bonds is 8. The van der Waals surface area contributed by atoms with Crippen LogP contribution in [0.25, 0.3) is 0 Å². The molecule has 1 aromatic rings. The highest BCUT2D eigenvalue weighted by atomic mass is 16.5. The molecular formula is C22H33NO5. The van der Waals surface area contributed by atoms with Gasteiger partial charge in [0.15, 0.2) is 5.78 Å². The van der Waals surface area contributed by atoms with E-state index in [0.717, 1.165) is 37.2 Å². The third-order valence-electron chi connectivity index (χ3n) is 5.32. The second-order valence-corrected chi connectivity index (χ2v) is 7.34. The topological polar surface area (TPSA) is 76.1 Å². The van der Waals surface area contributed by atoms with E-state index in [4.69, 9.17) is 19.4 Å². The van der Waals surface area contributed by atoms with Gasteiger partial charge in [-0.2, -0.15) is 0 Å². The van der Waals surface area contributed by atoms with Gasteiger partial charge in [0, 0.05) is 24.7 Å². The van der Waals surface area contributed by atoms with Crippen molar-refractivity contribution in [3.8, 4) is 5.75 Å². The fourth-order valence-electron chi connectivity index (χ4n) is 3.72. The van der Waals surface area contributed by atoms with Crippen molar-refractivity contribution >= 4 is 12.3 Å².